The minimum absolute atomic E-state index is 0.116. The first kappa shape index (κ1) is 23.7. The van der Waals surface area contributed by atoms with Gasteiger partial charge in [0.1, 0.15) is 5.84 Å². The number of thiazole rings is 1. The highest BCUT2D eigenvalue weighted by molar-refractivity contribution is 7.14. The first-order chi connectivity index (χ1) is 15.5. The Balaban J connectivity index is 1.53. The summed E-state index contributed by atoms with van der Waals surface area (Å²) in [4.78, 5) is 33.6. The van der Waals surface area contributed by atoms with Gasteiger partial charge in [0.25, 0.3) is 0 Å². The van der Waals surface area contributed by atoms with Crippen molar-refractivity contribution in [2.24, 2.45) is 10.7 Å². The van der Waals surface area contributed by atoms with Gasteiger partial charge >= 0.3 is 12.1 Å². The van der Waals surface area contributed by atoms with Gasteiger partial charge in [0.15, 0.2) is 5.13 Å². The third-order valence-electron chi connectivity index (χ3n) is 5.03. The molecule has 0 aliphatic carbocycles. The number of carbonyl (C=O) groups is 2. The first-order valence-electron chi connectivity index (χ1n) is 10.7. The molecule has 1 aromatic carbocycles. The van der Waals surface area contributed by atoms with E-state index in [1.807, 2.05) is 24.4 Å². The van der Waals surface area contributed by atoms with Gasteiger partial charge in [0.05, 0.1) is 25.5 Å². The molecule has 10 heteroatoms. The number of anilines is 1. The van der Waals surface area contributed by atoms with Crippen molar-refractivity contribution in [2.45, 2.75) is 32.7 Å². The molecule has 3 N–H and O–H groups in total. The Morgan fingerprint density at radius 3 is 2.53 bits per heavy atom. The van der Waals surface area contributed by atoms with Crippen LogP contribution in [-0.4, -0.2) is 66.7 Å². The number of hydrogen-bond acceptors (Lipinski definition) is 8. The smallest absolute Gasteiger partial charge is 0.435 e. The molecule has 0 atom stereocenters. The summed E-state index contributed by atoms with van der Waals surface area (Å²) in [6.07, 6.45) is 1.19. The van der Waals surface area contributed by atoms with E-state index in [1.165, 1.54) is 0 Å². The lowest BCUT2D eigenvalue weighted by molar-refractivity contribution is -0.144. The van der Waals surface area contributed by atoms with Gasteiger partial charge in [-0.05, 0) is 26.7 Å². The molecule has 1 saturated heterocycles. The lowest BCUT2D eigenvalue weighted by atomic mass is 10.1. The van der Waals surface area contributed by atoms with Crippen molar-refractivity contribution >= 4 is 34.4 Å². The van der Waals surface area contributed by atoms with Crippen LogP contribution in [0.3, 0.4) is 0 Å². The number of carbonyl (C=O) groups excluding carboxylic acids is 2. The fourth-order valence-corrected chi connectivity index (χ4v) is 4.20. The zero-order valence-corrected chi connectivity index (χ0v) is 19.2. The Hall–Kier alpha value is -2.98. The number of amides is 1. The number of rotatable bonds is 8. The average molecular weight is 460 g/mol. The van der Waals surface area contributed by atoms with Crippen LogP contribution in [0.2, 0.25) is 0 Å². The second-order valence-corrected chi connectivity index (χ2v) is 8.17. The second-order valence-electron chi connectivity index (χ2n) is 7.31. The third kappa shape index (κ3) is 6.76. The van der Waals surface area contributed by atoms with Crippen LogP contribution in [0.1, 0.15) is 32.3 Å². The summed E-state index contributed by atoms with van der Waals surface area (Å²) >= 11 is 1.56. The summed E-state index contributed by atoms with van der Waals surface area (Å²) in [6, 6.07) is 7.73. The Kier molecular flexibility index (Phi) is 8.57. The van der Waals surface area contributed by atoms with Gasteiger partial charge in [0, 0.05) is 35.6 Å². The maximum Gasteiger partial charge on any atom is 0.435 e. The Morgan fingerprint density at radius 1 is 1.19 bits per heavy atom. The number of esters is 1. The highest BCUT2D eigenvalue weighted by atomic mass is 32.1. The molecule has 3 rings (SSSR count). The lowest BCUT2D eigenvalue weighted by Gasteiger charge is -2.31. The molecule has 2 aromatic rings. The van der Waals surface area contributed by atoms with E-state index in [0.717, 1.165) is 42.3 Å². The normalized spacial score (nSPS) is 15.4. The van der Waals surface area contributed by atoms with Gasteiger partial charge in [-0.3, -0.25) is 9.69 Å². The molecule has 1 aliphatic heterocycles. The van der Waals surface area contributed by atoms with Crippen LogP contribution in [-0.2, 0) is 14.3 Å². The van der Waals surface area contributed by atoms with Crippen molar-refractivity contribution in [1.82, 2.24) is 9.88 Å². The predicted molar refractivity (Wildman–Crippen MR) is 125 cm³/mol. The topological polar surface area (TPSA) is 119 Å². The van der Waals surface area contributed by atoms with Gasteiger partial charge in [-0.2, -0.15) is 4.99 Å². The van der Waals surface area contributed by atoms with E-state index in [9.17, 15) is 9.59 Å². The number of likely N-dealkylation sites (tertiary alicyclic amines) is 1. The van der Waals surface area contributed by atoms with Crippen molar-refractivity contribution in [1.29, 1.82) is 0 Å². The summed E-state index contributed by atoms with van der Waals surface area (Å²) in [5, 5.41) is 6.38. The molecular formula is C22H29N5O4S. The highest BCUT2D eigenvalue weighted by Gasteiger charge is 2.22. The summed E-state index contributed by atoms with van der Waals surface area (Å²) in [6.45, 7) is 6.26. The van der Waals surface area contributed by atoms with Crippen LogP contribution in [0.4, 0.5) is 9.93 Å². The summed E-state index contributed by atoms with van der Waals surface area (Å²) in [5.41, 5.74) is 8.33. The SMILES string of the molecule is CCOC(=O)CN1CCC(Nc2nc(-c3ccc(C(N)=NC(=O)OCC)cc3)cs2)CC1. The molecule has 9 nitrogen and oxygen atoms in total. The minimum Gasteiger partial charge on any atom is -0.465 e. The molecule has 0 radical (unpaired) electrons. The fourth-order valence-electron chi connectivity index (χ4n) is 3.40. The zero-order chi connectivity index (χ0) is 22.9. The highest BCUT2D eigenvalue weighted by Crippen LogP contribution is 2.27. The van der Waals surface area contributed by atoms with E-state index >= 15 is 0 Å². The molecule has 0 unspecified atom stereocenters. The number of benzene rings is 1. The number of ether oxygens (including phenoxy) is 2. The van der Waals surface area contributed by atoms with E-state index in [4.69, 9.17) is 20.2 Å². The van der Waals surface area contributed by atoms with E-state index in [0.29, 0.717) is 24.8 Å². The van der Waals surface area contributed by atoms with Crippen molar-refractivity contribution in [3.8, 4) is 11.3 Å². The Labute approximate surface area is 191 Å². The third-order valence-corrected chi connectivity index (χ3v) is 5.81. The standard InChI is InChI=1S/C22H29N5O4S/c1-3-30-19(28)13-27-11-9-17(10-12-27)24-21-25-18(14-32-21)15-5-7-16(8-6-15)20(23)26-22(29)31-4-2/h5-8,14,17H,3-4,9-13H2,1-2H3,(H,24,25)(H2,23,26,29). The zero-order valence-electron chi connectivity index (χ0n) is 18.4. The van der Waals surface area contributed by atoms with Crippen LogP contribution in [0.25, 0.3) is 11.3 Å². The number of hydrogen-bond donors (Lipinski definition) is 2. The monoisotopic (exact) mass is 459 g/mol. The molecule has 1 fully saturated rings. The number of aromatic nitrogens is 1. The molecule has 32 heavy (non-hydrogen) atoms. The number of nitrogens with zero attached hydrogens (tertiary/aromatic N) is 3. The van der Waals surface area contributed by atoms with Gasteiger partial charge in [0.2, 0.25) is 0 Å². The largest absolute Gasteiger partial charge is 0.465 e. The number of aliphatic imine (C=N–C) groups is 1. The number of piperidine rings is 1. The Bertz CT molecular complexity index is 936. The lowest BCUT2D eigenvalue weighted by Crippen LogP contribution is -2.41. The summed E-state index contributed by atoms with van der Waals surface area (Å²) in [5.74, 6) is -0.0478. The molecule has 0 saturated carbocycles. The van der Waals surface area contributed by atoms with Gasteiger partial charge in [-0.25, -0.2) is 9.78 Å². The number of nitrogens with one attached hydrogen (secondary N) is 1. The van der Waals surface area contributed by atoms with Crippen LogP contribution >= 0.6 is 11.3 Å². The van der Waals surface area contributed by atoms with Gasteiger partial charge < -0.3 is 20.5 Å². The second kappa shape index (κ2) is 11.6. The molecular weight excluding hydrogens is 430 g/mol. The van der Waals surface area contributed by atoms with Gasteiger partial charge in [-0.1, -0.05) is 24.3 Å². The van der Waals surface area contributed by atoms with E-state index < -0.39 is 6.09 Å². The molecule has 1 amide bonds. The van der Waals surface area contributed by atoms with Crippen LogP contribution in [0, 0.1) is 0 Å². The molecule has 0 bridgehead atoms. The fraction of sp³-hybridized carbons (Fsp3) is 0.455. The van der Waals surface area contributed by atoms with Crippen LogP contribution < -0.4 is 11.1 Å². The van der Waals surface area contributed by atoms with Crippen molar-refractivity contribution in [2.75, 3.05) is 38.2 Å². The average Bonchev–Trinajstić information content (AvgIpc) is 3.24. The molecule has 2 heterocycles. The summed E-state index contributed by atoms with van der Waals surface area (Å²) in [7, 11) is 0. The minimum atomic E-state index is -0.698. The maximum atomic E-state index is 11.6. The van der Waals surface area contributed by atoms with Crippen LogP contribution in [0.5, 0.6) is 0 Å². The van der Waals surface area contributed by atoms with E-state index in [1.54, 1.807) is 30.4 Å². The first-order valence-corrected chi connectivity index (χ1v) is 11.6. The molecule has 1 aliphatic rings. The van der Waals surface area contributed by atoms with Crippen molar-refractivity contribution < 1.29 is 19.1 Å². The molecule has 172 valence electrons. The Morgan fingerprint density at radius 2 is 1.88 bits per heavy atom. The van der Waals surface area contributed by atoms with Gasteiger partial charge in [-0.15, -0.1) is 11.3 Å². The van der Waals surface area contributed by atoms with E-state index in [-0.39, 0.29) is 18.4 Å². The quantitative estimate of drug-likeness (QED) is 0.351. The van der Waals surface area contributed by atoms with E-state index in [2.05, 4.69) is 15.2 Å². The van der Waals surface area contributed by atoms with Crippen molar-refractivity contribution in [3.63, 3.8) is 0 Å². The van der Waals surface area contributed by atoms with Crippen LogP contribution in [0.15, 0.2) is 34.6 Å². The molecule has 1 aromatic heterocycles. The predicted octanol–water partition coefficient (Wildman–Crippen LogP) is 3.11. The number of nitrogens with two attached hydrogens (primary N) is 1. The maximum absolute atomic E-state index is 11.6. The summed E-state index contributed by atoms with van der Waals surface area (Å²) < 4.78 is 9.80. The molecule has 0 spiro atoms. The van der Waals surface area contributed by atoms with Crippen molar-refractivity contribution in [3.05, 3.63) is 35.2 Å². The number of amidine groups is 1.